The smallest absolute Gasteiger partial charge is 0.304 e. The summed E-state index contributed by atoms with van der Waals surface area (Å²) in [6.07, 6.45) is -0.255. The zero-order valence-corrected chi connectivity index (χ0v) is 11.3. The maximum Gasteiger partial charge on any atom is 0.304 e. The van der Waals surface area contributed by atoms with Crippen LogP contribution in [0, 0.1) is 11.6 Å². The molecule has 3 nitrogen and oxygen atoms in total. The van der Waals surface area contributed by atoms with E-state index in [2.05, 4.69) is 0 Å². The van der Waals surface area contributed by atoms with Gasteiger partial charge in [0.2, 0.25) is 0 Å². The molecule has 1 unspecified atom stereocenters. The number of carbonyl (C=O) groups is 1. The van der Waals surface area contributed by atoms with Crippen LogP contribution in [0.2, 0.25) is 0 Å². The van der Waals surface area contributed by atoms with Crippen LogP contribution in [0.25, 0.3) is 0 Å². The van der Waals surface area contributed by atoms with E-state index in [0.717, 1.165) is 18.2 Å². The summed E-state index contributed by atoms with van der Waals surface area (Å²) in [5.41, 5.74) is 0.947. The summed E-state index contributed by atoms with van der Waals surface area (Å²) in [5, 5.41) is 9.03. The standard InChI is InChI=1S/C16H14F2O3/c1-21-14-4-2-10(3-5-14)15(9-16(19)20)11-6-12(17)8-13(18)7-11/h2-8,15H,9H2,1H3,(H,19,20). The van der Waals surface area contributed by atoms with E-state index in [1.54, 1.807) is 24.3 Å². The molecule has 0 fully saturated rings. The first-order valence-electron chi connectivity index (χ1n) is 6.31. The topological polar surface area (TPSA) is 46.5 Å². The second-order valence-electron chi connectivity index (χ2n) is 4.63. The number of ether oxygens (including phenoxy) is 1. The Labute approximate surface area is 120 Å². The number of carboxylic acid groups (broad SMARTS) is 1. The van der Waals surface area contributed by atoms with E-state index in [4.69, 9.17) is 9.84 Å². The SMILES string of the molecule is COc1ccc(C(CC(=O)O)c2cc(F)cc(F)c2)cc1. The molecule has 1 N–H and O–H groups in total. The third-order valence-corrected chi connectivity index (χ3v) is 3.18. The molecule has 0 saturated heterocycles. The molecule has 0 aliphatic heterocycles. The normalized spacial score (nSPS) is 12.0. The van der Waals surface area contributed by atoms with Crippen molar-refractivity contribution in [2.24, 2.45) is 0 Å². The van der Waals surface area contributed by atoms with Gasteiger partial charge in [-0.05, 0) is 35.4 Å². The average molecular weight is 292 g/mol. The van der Waals surface area contributed by atoms with Crippen LogP contribution in [-0.2, 0) is 4.79 Å². The largest absolute Gasteiger partial charge is 0.497 e. The molecule has 110 valence electrons. The number of carboxylic acids is 1. The summed E-state index contributed by atoms with van der Waals surface area (Å²) < 4.78 is 31.7. The van der Waals surface area contributed by atoms with Gasteiger partial charge in [-0.2, -0.15) is 0 Å². The zero-order chi connectivity index (χ0) is 15.4. The van der Waals surface area contributed by atoms with Gasteiger partial charge in [0.05, 0.1) is 13.5 Å². The van der Waals surface area contributed by atoms with Crippen LogP contribution in [0.5, 0.6) is 5.75 Å². The lowest BCUT2D eigenvalue weighted by molar-refractivity contribution is -0.137. The predicted molar refractivity (Wildman–Crippen MR) is 73.4 cm³/mol. The number of hydrogen-bond donors (Lipinski definition) is 1. The van der Waals surface area contributed by atoms with Gasteiger partial charge in [-0.3, -0.25) is 4.79 Å². The van der Waals surface area contributed by atoms with Gasteiger partial charge in [-0.15, -0.1) is 0 Å². The fourth-order valence-electron chi connectivity index (χ4n) is 2.22. The van der Waals surface area contributed by atoms with Crippen molar-refractivity contribution < 1.29 is 23.4 Å². The molecule has 2 rings (SSSR count). The Morgan fingerprint density at radius 3 is 2.14 bits per heavy atom. The average Bonchev–Trinajstić information content (AvgIpc) is 2.43. The van der Waals surface area contributed by atoms with Crippen molar-refractivity contribution >= 4 is 5.97 Å². The van der Waals surface area contributed by atoms with Crippen molar-refractivity contribution in [3.8, 4) is 5.75 Å². The van der Waals surface area contributed by atoms with E-state index in [-0.39, 0.29) is 6.42 Å². The number of hydrogen-bond acceptors (Lipinski definition) is 2. The lowest BCUT2D eigenvalue weighted by Gasteiger charge is -2.16. The number of rotatable bonds is 5. The Morgan fingerprint density at radius 2 is 1.67 bits per heavy atom. The van der Waals surface area contributed by atoms with Gasteiger partial charge >= 0.3 is 5.97 Å². The molecule has 0 aliphatic carbocycles. The maximum absolute atomic E-state index is 13.4. The third-order valence-electron chi connectivity index (χ3n) is 3.18. The highest BCUT2D eigenvalue weighted by Crippen LogP contribution is 2.30. The lowest BCUT2D eigenvalue weighted by atomic mass is 9.88. The highest BCUT2D eigenvalue weighted by Gasteiger charge is 2.19. The van der Waals surface area contributed by atoms with Gasteiger partial charge in [0.1, 0.15) is 17.4 Å². The number of benzene rings is 2. The minimum absolute atomic E-state index is 0.255. The quantitative estimate of drug-likeness (QED) is 0.916. The zero-order valence-electron chi connectivity index (χ0n) is 11.3. The molecular weight excluding hydrogens is 278 g/mol. The van der Waals surface area contributed by atoms with Crippen LogP contribution in [0.3, 0.4) is 0 Å². The highest BCUT2D eigenvalue weighted by atomic mass is 19.1. The van der Waals surface area contributed by atoms with Crippen molar-refractivity contribution in [1.82, 2.24) is 0 Å². The number of aliphatic carboxylic acids is 1. The van der Waals surface area contributed by atoms with Crippen molar-refractivity contribution in [2.75, 3.05) is 7.11 Å². The van der Waals surface area contributed by atoms with Crippen molar-refractivity contribution in [3.05, 3.63) is 65.2 Å². The minimum Gasteiger partial charge on any atom is -0.497 e. The molecule has 0 saturated carbocycles. The van der Waals surface area contributed by atoms with Gasteiger partial charge in [0, 0.05) is 12.0 Å². The van der Waals surface area contributed by atoms with Gasteiger partial charge < -0.3 is 9.84 Å². The molecule has 21 heavy (non-hydrogen) atoms. The van der Waals surface area contributed by atoms with Crippen LogP contribution in [0.15, 0.2) is 42.5 Å². The predicted octanol–water partition coefficient (Wildman–Crippen LogP) is 3.58. The molecule has 0 aromatic heterocycles. The second-order valence-corrected chi connectivity index (χ2v) is 4.63. The van der Waals surface area contributed by atoms with Crippen LogP contribution in [-0.4, -0.2) is 18.2 Å². The molecule has 0 spiro atoms. The fraction of sp³-hybridized carbons (Fsp3) is 0.188. The molecule has 2 aromatic carbocycles. The summed E-state index contributed by atoms with van der Waals surface area (Å²) in [6.45, 7) is 0. The summed E-state index contributed by atoms with van der Waals surface area (Å²) >= 11 is 0. The first-order valence-corrected chi connectivity index (χ1v) is 6.31. The van der Waals surface area contributed by atoms with E-state index < -0.39 is 23.5 Å². The maximum atomic E-state index is 13.4. The van der Waals surface area contributed by atoms with E-state index in [1.807, 2.05) is 0 Å². The van der Waals surface area contributed by atoms with Crippen molar-refractivity contribution in [3.63, 3.8) is 0 Å². The van der Waals surface area contributed by atoms with Gasteiger partial charge in [-0.1, -0.05) is 12.1 Å². The Hall–Kier alpha value is -2.43. The molecule has 0 aliphatic rings. The minimum atomic E-state index is -1.04. The van der Waals surface area contributed by atoms with Crippen LogP contribution >= 0.6 is 0 Å². The second kappa shape index (κ2) is 6.35. The van der Waals surface area contributed by atoms with Gasteiger partial charge in [0.15, 0.2) is 0 Å². The molecule has 2 aromatic rings. The Morgan fingerprint density at radius 1 is 1.10 bits per heavy atom. The molecular formula is C16H14F2O3. The van der Waals surface area contributed by atoms with E-state index in [1.165, 1.54) is 7.11 Å². The van der Waals surface area contributed by atoms with Crippen molar-refractivity contribution in [2.45, 2.75) is 12.3 Å². The van der Waals surface area contributed by atoms with Gasteiger partial charge in [0.25, 0.3) is 0 Å². The van der Waals surface area contributed by atoms with E-state index in [9.17, 15) is 13.6 Å². The monoisotopic (exact) mass is 292 g/mol. The summed E-state index contributed by atoms with van der Waals surface area (Å²) in [4.78, 5) is 11.0. The fourth-order valence-corrected chi connectivity index (χ4v) is 2.22. The van der Waals surface area contributed by atoms with Crippen LogP contribution < -0.4 is 4.74 Å². The van der Waals surface area contributed by atoms with Gasteiger partial charge in [-0.25, -0.2) is 8.78 Å². The molecule has 0 heterocycles. The number of halogens is 2. The first kappa shape index (κ1) is 15.0. The molecule has 1 atom stereocenters. The lowest BCUT2D eigenvalue weighted by Crippen LogP contribution is -2.08. The number of methoxy groups -OCH3 is 1. The molecule has 0 radical (unpaired) electrons. The van der Waals surface area contributed by atoms with Crippen LogP contribution in [0.4, 0.5) is 8.78 Å². The first-order chi connectivity index (χ1) is 9.99. The summed E-state index contributed by atoms with van der Waals surface area (Å²) in [7, 11) is 1.52. The highest BCUT2D eigenvalue weighted by molar-refractivity contribution is 5.69. The Bertz CT molecular complexity index is 618. The summed E-state index contributed by atoms with van der Waals surface area (Å²) in [5.74, 6) is -2.50. The molecule has 5 heteroatoms. The molecule has 0 amide bonds. The van der Waals surface area contributed by atoms with Crippen LogP contribution in [0.1, 0.15) is 23.5 Å². The third kappa shape index (κ3) is 3.78. The Kier molecular flexibility index (Phi) is 4.52. The van der Waals surface area contributed by atoms with Crippen molar-refractivity contribution in [1.29, 1.82) is 0 Å². The van der Waals surface area contributed by atoms with E-state index in [0.29, 0.717) is 16.9 Å². The Balaban J connectivity index is 2.43. The summed E-state index contributed by atoms with van der Waals surface area (Å²) in [6, 6.07) is 9.81. The van der Waals surface area contributed by atoms with E-state index >= 15 is 0 Å². The molecule has 0 bridgehead atoms.